The molecule has 18 heteroatoms. The number of hydrogen-bond acceptors (Lipinski definition) is 6. The van der Waals surface area contributed by atoms with E-state index < -0.39 is 24.3 Å². The van der Waals surface area contributed by atoms with Crippen LogP contribution in [0.15, 0.2) is 36.5 Å². The first-order valence-electron chi connectivity index (χ1n) is 13.7. The Morgan fingerprint density at radius 3 is 2.21 bits per heavy atom. The number of ether oxygens (including phenoxy) is 1. The summed E-state index contributed by atoms with van der Waals surface area (Å²) in [6.45, 7) is 4.17. The first-order chi connectivity index (χ1) is 21.8. The van der Waals surface area contributed by atoms with Crippen molar-refractivity contribution in [3.05, 3.63) is 64.5 Å². The van der Waals surface area contributed by atoms with Crippen LogP contribution in [-0.4, -0.2) is 86.4 Å². The van der Waals surface area contributed by atoms with Crippen molar-refractivity contribution >= 4 is 34.6 Å². The number of aromatic amines is 1. The molecule has 0 spiro atoms. The van der Waals surface area contributed by atoms with Crippen molar-refractivity contribution in [2.24, 2.45) is 0 Å². The van der Waals surface area contributed by atoms with Crippen molar-refractivity contribution in [1.29, 1.82) is 0 Å². The number of carboxylic acid groups (broad SMARTS) is 2. The summed E-state index contributed by atoms with van der Waals surface area (Å²) in [4.78, 5) is 24.9. The molecule has 2 aromatic heterocycles. The summed E-state index contributed by atoms with van der Waals surface area (Å²) in [5.41, 5.74) is 4.80. The molecule has 3 N–H and O–H groups in total. The second-order valence-corrected chi connectivity index (χ2v) is 11.0. The molecule has 1 unspecified atom stereocenters. The number of H-pyrrole nitrogens is 1. The predicted molar refractivity (Wildman–Crippen MR) is 156 cm³/mol. The zero-order valence-corrected chi connectivity index (χ0v) is 25.8. The van der Waals surface area contributed by atoms with E-state index >= 15 is 4.39 Å². The molecule has 0 aliphatic carbocycles. The second kappa shape index (κ2) is 15.0. The van der Waals surface area contributed by atoms with Crippen LogP contribution in [0.4, 0.5) is 30.7 Å². The molecule has 0 bridgehead atoms. The van der Waals surface area contributed by atoms with Gasteiger partial charge in [0.15, 0.2) is 0 Å². The van der Waals surface area contributed by atoms with E-state index in [0.29, 0.717) is 22.7 Å². The van der Waals surface area contributed by atoms with Crippen molar-refractivity contribution < 1.29 is 55.3 Å². The normalized spacial score (nSPS) is 14.4. The van der Waals surface area contributed by atoms with E-state index in [1.165, 1.54) is 6.07 Å². The van der Waals surface area contributed by atoms with E-state index in [1.807, 2.05) is 31.2 Å². The minimum absolute atomic E-state index is 0.0601. The van der Waals surface area contributed by atoms with Crippen LogP contribution in [0.5, 0.6) is 5.75 Å². The number of nitrogens with one attached hydrogen (secondary N) is 1. The highest BCUT2D eigenvalue weighted by Crippen LogP contribution is 2.36. The maximum absolute atomic E-state index is 15.1. The van der Waals surface area contributed by atoms with Gasteiger partial charge in [-0.15, -0.1) is 0 Å². The topological polar surface area (TPSA) is 134 Å². The van der Waals surface area contributed by atoms with E-state index in [4.69, 9.17) is 41.1 Å². The Labute approximate surface area is 267 Å². The Bertz CT molecular complexity index is 1700. The minimum Gasteiger partial charge on any atom is -0.493 e. The predicted octanol–water partition coefficient (Wildman–Crippen LogP) is 6.46. The molecule has 0 radical (unpaired) electrons. The maximum atomic E-state index is 15.1. The van der Waals surface area contributed by atoms with Crippen LogP contribution in [0.25, 0.3) is 22.2 Å². The quantitative estimate of drug-likeness (QED) is 0.196. The molecular formula is C29H29ClF7N5O5. The smallest absolute Gasteiger partial charge is 0.490 e. The molecule has 1 aliphatic rings. The van der Waals surface area contributed by atoms with Gasteiger partial charge in [-0.25, -0.2) is 19.0 Å². The zero-order valence-electron chi connectivity index (χ0n) is 25.0. The maximum Gasteiger partial charge on any atom is 0.490 e. The molecule has 10 nitrogen and oxygen atoms in total. The fourth-order valence-corrected chi connectivity index (χ4v) is 4.81. The van der Waals surface area contributed by atoms with Crippen LogP contribution in [0.3, 0.4) is 0 Å². The first kappa shape index (κ1) is 37.1. The molecule has 1 aliphatic heterocycles. The third-order valence-electron chi connectivity index (χ3n) is 6.75. The van der Waals surface area contributed by atoms with Gasteiger partial charge in [0.05, 0.1) is 29.8 Å². The number of fused-ring (bicyclic) bond motifs is 2. The Kier molecular flexibility index (Phi) is 11.8. The van der Waals surface area contributed by atoms with Crippen molar-refractivity contribution in [3.63, 3.8) is 0 Å². The third-order valence-corrected chi connectivity index (χ3v) is 6.99. The molecule has 47 heavy (non-hydrogen) atoms. The highest BCUT2D eigenvalue weighted by Gasteiger charge is 2.39. The monoisotopic (exact) mass is 695 g/mol. The Balaban J connectivity index is 0.000000360. The third kappa shape index (κ3) is 9.81. The number of hydrogen-bond donors (Lipinski definition) is 3. The number of aryl methyl sites for hydroxylation is 2. The Hall–Kier alpha value is -4.38. The first-order valence-corrected chi connectivity index (χ1v) is 14.0. The number of nitrogens with zero attached hydrogens (tertiary/aromatic N) is 4. The number of imidazole rings is 1. The van der Waals surface area contributed by atoms with Gasteiger partial charge in [0.25, 0.3) is 0 Å². The van der Waals surface area contributed by atoms with Gasteiger partial charge in [-0.2, -0.15) is 31.4 Å². The molecule has 2 aromatic carbocycles. The zero-order chi connectivity index (χ0) is 35.3. The number of benzene rings is 2. The number of halogens is 8. The van der Waals surface area contributed by atoms with Crippen molar-refractivity contribution in [2.45, 2.75) is 44.6 Å². The molecule has 256 valence electrons. The van der Waals surface area contributed by atoms with Crippen molar-refractivity contribution in [3.8, 4) is 16.9 Å². The number of carbonyl (C=O) groups is 2. The molecule has 5 rings (SSSR count). The van der Waals surface area contributed by atoms with Gasteiger partial charge in [-0.3, -0.25) is 5.10 Å². The molecule has 0 saturated heterocycles. The van der Waals surface area contributed by atoms with Gasteiger partial charge in [0.2, 0.25) is 0 Å². The van der Waals surface area contributed by atoms with E-state index in [1.54, 1.807) is 6.20 Å². The molecule has 4 aromatic rings. The second-order valence-electron chi connectivity index (χ2n) is 10.6. The van der Waals surface area contributed by atoms with Gasteiger partial charge in [-0.05, 0) is 70.2 Å². The summed E-state index contributed by atoms with van der Waals surface area (Å²) in [5, 5.41) is 21.9. The average Bonchev–Trinajstić information content (AvgIpc) is 3.54. The van der Waals surface area contributed by atoms with E-state index in [9.17, 15) is 26.3 Å². The fraction of sp³-hybridized carbons (Fsp3) is 0.379. The molecule has 3 heterocycles. The Morgan fingerprint density at radius 2 is 1.68 bits per heavy atom. The van der Waals surface area contributed by atoms with Gasteiger partial charge in [0, 0.05) is 34.5 Å². The Morgan fingerprint density at radius 1 is 1.06 bits per heavy atom. The van der Waals surface area contributed by atoms with Crippen LogP contribution in [0, 0.1) is 12.7 Å². The van der Waals surface area contributed by atoms with Gasteiger partial charge >= 0.3 is 24.3 Å². The van der Waals surface area contributed by atoms with Gasteiger partial charge in [-0.1, -0.05) is 11.6 Å². The number of aromatic nitrogens is 4. The standard InChI is InChI=1S/C25H27ClFN5O.2C2HF3O2/c1-15-20(13-28-30-15)19-11-23-22(12-21(19)27)29-25(32(23)8-4-7-31(2)3)17-9-16-10-18(26)5-6-24(16)33-14-17;2*3-2(4,5)1(6)7/h5-6,10-13,17H,4,7-9,14H2,1-3H3,(H,28,30);2*(H,6,7). The summed E-state index contributed by atoms with van der Waals surface area (Å²) in [7, 11) is 4.13. The summed E-state index contributed by atoms with van der Waals surface area (Å²) in [5.74, 6) is -3.96. The molecular weight excluding hydrogens is 667 g/mol. The van der Waals surface area contributed by atoms with Crippen LogP contribution in [-0.2, 0) is 22.6 Å². The summed E-state index contributed by atoms with van der Waals surface area (Å²) in [6, 6.07) is 9.17. The summed E-state index contributed by atoms with van der Waals surface area (Å²) < 4.78 is 86.9. The lowest BCUT2D eigenvalue weighted by atomic mass is 9.96. The van der Waals surface area contributed by atoms with Crippen LogP contribution in [0.2, 0.25) is 5.02 Å². The summed E-state index contributed by atoms with van der Waals surface area (Å²) >= 11 is 6.23. The molecule has 0 fully saturated rings. The molecule has 1 atom stereocenters. The van der Waals surface area contributed by atoms with Gasteiger partial charge in [0.1, 0.15) is 17.4 Å². The van der Waals surface area contributed by atoms with Gasteiger partial charge < -0.3 is 24.4 Å². The highest BCUT2D eigenvalue weighted by atomic mass is 35.5. The van der Waals surface area contributed by atoms with E-state index in [0.717, 1.165) is 59.8 Å². The van der Waals surface area contributed by atoms with Crippen LogP contribution >= 0.6 is 11.6 Å². The number of rotatable bonds is 6. The van der Waals surface area contributed by atoms with Crippen LogP contribution < -0.4 is 4.74 Å². The minimum atomic E-state index is -5.08. The lowest BCUT2D eigenvalue weighted by Crippen LogP contribution is -2.23. The lowest BCUT2D eigenvalue weighted by molar-refractivity contribution is -0.193. The number of aliphatic carboxylic acids is 2. The summed E-state index contributed by atoms with van der Waals surface area (Å²) in [6.07, 6.45) is -6.76. The number of carboxylic acids is 2. The molecule has 0 amide bonds. The fourth-order valence-electron chi connectivity index (χ4n) is 4.61. The van der Waals surface area contributed by atoms with Crippen LogP contribution in [0.1, 0.15) is 29.4 Å². The highest BCUT2D eigenvalue weighted by molar-refractivity contribution is 6.30. The van der Waals surface area contributed by atoms with E-state index in [-0.39, 0.29) is 11.7 Å². The SMILES string of the molecule is Cc1[nH]ncc1-c1cc2c(cc1F)nc(C1COc3ccc(Cl)cc3C1)n2CCCN(C)C.O=C(O)C(F)(F)F.O=C(O)C(F)(F)F. The van der Waals surface area contributed by atoms with Crippen molar-refractivity contribution in [2.75, 3.05) is 27.2 Å². The largest absolute Gasteiger partial charge is 0.493 e. The average molecular weight is 696 g/mol. The lowest BCUT2D eigenvalue weighted by Gasteiger charge is -2.26. The van der Waals surface area contributed by atoms with Crippen molar-refractivity contribution in [1.82, 2.24) is 24.6 Å². The number of alkyl halides is 6. The van der Waals surface area contributed by atoms with E-state index in [2.05, 4.69) is 33.8 Å². The molecule has 0 saturated carbocycles.